The van der Waals surface area contributed by atoms with Crippen LogP contribution in [0.15, 0.2) is 30.5 Å². The molecule has 2 heterocycles. The molecule has 3 rings (SSSR count). The van der Waals surface area contributed by atoms with Crippen LogP contribution in [-0.4, -0.2) is 75.5 Å². The molecule has 28 heavy (non-hydrogen) atoms. The third-order valence-electron chi connectivity index (χ3n) is 4.88. The maximum absolute atomic E-state index is 11.3. The van der Waals surface area contributed by atoms with Gasteiger partial charge in [-0.05, 0) is 24.5 Å². The number of esters is 1. The van der Waals surface area contributed by atoms with Crippen LogP contribution >= 0.6 is 0 Å². The molecule has 0 bridgehead atoms. The number of aromatic nitrogens is 1. The zero-order chi connectivity index (χ0) is 20.3. The van der Waals surface area contributed by atoms with Crippen molar-refractivity contribution in [2.75, 3.05) is 13.7 Å². The van der Waals surface area contributed by atoms with Crippen molar-refractivity contribution in [1.82, 2.24) is 4.73 Å². The molecule has 0 saturated carbocycles. The minimum atomic E-state index is -1.52. The Hall–Kier alpha value is -2.17. The molecular weight excluding hydrogens is 370 g/mol. The van der Waals surface area contributed by atoms with E-state index in [-0.39, 0.29) is 5.97 Å². The van der Waals surface area contributed by atoms with Gasteiger partial charge in [0.1, 0.15) is 24.4 Å². The van der Waals surface area contributed by atoms with Gasteiger partial charge in [0.25, 0.3) is 6.29 Å². The molecular formula is C19H25NO8. The predicted molar refractivity (Wildman–Crippen MR) is 97.2 cm³/mol. The monoisotopic (exact) mass is 395 g/mol. The van der Waals surface area contributed by atoms with Crippen LogP contribution in [0.4, 0.5) is 0 Å². The molecule has 2 aromatic rings. The lowest BCUT2D eigenvalue weighted by atomic mass is 9.99. The van der Waals surface area contributed by atoms with Crippen molar-refractivity contribution in [2.24, 2.45) is 0 Å². The predicted octanol–water partition coefficient (Wildman–Crippen LogP) is -0.634. The van der Waals surface area contributed by atoms with Crippen LogP contribution in [0.1, 0.15) is 18.4 Å². The molecule has 0 spiro atoms. The average molecular weight is 395 g/mol. The van der Waals surface area contributed by atoms with E-state index in [0.29, 0.717) is 24.8 Å². The minimum Gasteiger partial charge on any atom is -0.469 e. The fraction of sp³-hybridized carbons (Fsp3) is 0.526. The molecule has 4 N–H and O–H groups in total. The standard InChI is InChI=1S/C19H25NO8/c1-26-15(22)8-4-5-11-9-20(13-7-3-2-6-12(11)13)28-19-18(25)17(24)16(23)14(10-21)27-19/h2-3,6-7,9,14,16-19,21,23-25H,4-5,8,10H2,1H3/t14-,16-,17+,18-,19+/m1/s1. The van der Waals surface area contributed by atoms with E-state index < -0.39 is 37.3 Å². The van der Waals surface area contributed by atoms with Crippen LogP contribution in [0, 0.1) is 0 Å². The zero-order valence-electron chi connectivity index (χ0n) is 15.5. The second-order valence-corrected chi connectivity index (χ2v) is 6.73. The highest BCUT2D eigenvalue weighted by Gasteiger charge is 2.45. The van der Waals surface area contributed by atoms with Gasteiger partial charge in [-0.15, -0.1) is 0 Å². The molecule has 0 unspecified atom stereocenters. The van der Waals surface area contributed by atoms with Crippen LogP contribution < -0.4 is 4.84 Å². The average Bonchev–Trinajstić information content (AvgIpc) is 3.06. The lowest BCUT2D eigenvalue weighted by Gasteiger charge is -2.39. The largest absolute Gasteiger partial charge is 0.469 e. The minimum absolute atomic E-state index is 0.277. The van der Waals surface area contributed by atoms with Gasteiger partial charge in [0.05, 0.1) is 19.2 Å². The van der Waals surface area contributed by atoms with E-state index >= 15 is 0 Å². The maximum atomic E-state index is 11.3. The molecule has 1 aromatic heterocycles. The summed E-state index contributed by atoms with van der Waals surface area (Å²) in [4.78, 5) is 17.1. The van der Waals surface area contributed by atoms with Crippen molar-refractivity contribution >= 4 is 16.9 Å². The molecule has 0 aliphatic carbocycles. The Balaban J connectivity index is 1.80. The second-order valence-electron chi connectivity index (χ2n) is 6.73. The van der Waals surface area contributed by atoms with Gasteiger partial charge in [0, 0.05) is 18.0 Å². The van der Waals surface area contributed by atoms with Crippen molar-refractivity contribution in [3.05, 3.63) is 36.0 Å². The Labute approximate surface area is 161 Å². The van der Waals surface area contributed by atoms with Crippen molar-refractivity contribution in [3.63, 3.8) is 0 Å². The molecule has 154 valence electrons. The summed E-state index contributed by atoms with van der Waals surface area (Å²) in [7, 11) is 1.35. The third kappa shape index (κ3) is 4.13. The Bertz CT molecular complexity index is 804. The van der Waals surface area contributed by atoms with E-state index in [2.05, 4.69) is 4.74 Å². The van der Waals surface area contributed by atoms with Crippen LogP contribution in [0.5, 0.6) is 0 Å². The summed E-state index contributed by atoms with van der Waals surface area (Å²) in [5, 5.41) is 40.2. The van der Waals surface area contributed by atoms with Gasteiger partial charge in [-0.3, -0.25) is 4.79 Å². The lowest BCUT2D eigenvalue weighted by Crippen LogP contribution is -2.61. The van der Waals surface area contributed by atoms with E-state index in [1.807, 2.05) is 24.3 Å². The number of ether oxygens (including phenoxy) is 2. The van der Waals surface area contributed by atoms with E-state index in [1.54, 1.807) is 6.20 Å². The van der Waals surface area contributed by atoms with Gasteiger partial charge < -0.3 is 34.7 Å². The number of rotatable bonds is 7. The summed E-state index contributed by atoms with van der Waals surface area (Å²) < 4.78 is 11.5. The number of para-hydroxylation sites is 1. The number of benzene rings is 1. The summed E-state index contributed by atoms with van der Waals surface area (Å²) >= 11 is 0. The number of methoxy groups -OCH3 is 1. The van der Waals surface area contributed by atoms with Gasteiger partial charge in [-0.2, -0.15) is 4.73 Å². The molecule has 0 radical (unpaired) electrons. The Morgan fingerprint density at radius 1 is 1.18 bits per heavy atom. The number of aliphatic hydroxyl groups is 4. The maximum Gasteiger partial charge on any atom is 0.305 e. The molecule has 1 aliphatic heterocycles. The lowest BCUT2D eigenvalue weighted by molar-refractivity contribution is -0.299. The second kappa shape index (κ2) is 8.89. The molecule has 1 aromatic carbocycles. The third-order valence-corrected chi connectivity index (χ3v) is 4.88. The number of hydrogen-bond donors (Lipinski definition) is 4. The Morgan fingerprint density at radius 3 is 2.64 bits per heavy atom. The smallest absolute Gasteiger partial charge is 0.305 e. The molecule has 9 heteroatoms. The first-order valence-corrected chi connectivity index (χ1v) is 9.09. The van der Waals surface area contributed by atoms with E-state index in [4.69, 9.17) is 9.57 Å². The SMILES string of the molecule is COC(=O)CCCc1cn(O[C@@H]2O[C@H](CO)[C@@H](O)[C@H](O)[C@H]2O)c2ccccc12. The topological polar surface area (TPSA) is 131 Å². The summed E-state index contributed by atoms with van der Waals surface area (Å²) in [6, 6.07) is 7.44. The first-order valence-electron chi connectivity index (χ1n) is 9.09. The number of carbonyl (C=O) groups is 1. The van der Waals surface area contributed by atoms with Crippen molar-refractivity contribution in [3.8, 4) is 0 Å². The fourth-order valence-electron chi connectivity index (χ4n) is 3.30. The van der Waals surface area contributed by atoms with Crippen LogP contribution in [0.25, 0.3) is 10.9 Å². The number of aryl methyl sites for hydroxylation is 1. The molecule has 1 fully saturated rings. The van der Waals surface area contributed by atoms with E-state index in [9.17, 15) is 25.2 Å². The summed E-state index contributed by atoms with van der Waals surface area (Å²) in [5.41, 5.74) is 1.65. The van der Waals surface area contributed by atoms with E-state index in [1.165, 1.54) is 11.8 Å². The van der Waals surface area contributed by atoms with Crippen LogP contribution in [0.2, 0.25) is 0 Å². The number of hydrogen-bond acceptors (Lipinski definition) is 8. The van der Waals surface area contributed by atoms with Gasteiger partial charge in [-0.1, -0.05) is 18.2 Å². The zero-order valence-corrected chi connectivity index (χ0v) is 15.5. The van der Waals surface area contributed by atoms with E-state index in [0.717, 1.165) is 10.9 Å². The summed E-state index contributed by atoms with van der Waals surface area (Å²) in [5.74, 6) is -0.277. The first-order chi connectivity index (χ1) is 13.5. The van der Waals surface area contributed by atoms with Gasteiger partial charge in [0.15, 0.2) is 0 Å². The summed E-state index contributed by atoms with van der Waals surface area (Å²) in [6.45, 7) is -0.532. The molecule has 5 atom stereocenters. The number of nitrogens with zero attached hydrogens (tertiary/aromatic N) is 1. The highest BCUT2D eigenvalue weighted by Crippen LogP contribution is 2.25. The highest BCUT2D eigenvalue weighted by molar-refractivity contribution is 5.83. The Morgan fingerprint density at radius 2 is 1.93 bits per heavy atom. The van der Waals surface area contributed by atoms with Crippen molar-refractivity contribution in [2.45, 2.75) is 50.0 Å². The molecule has 9 nitrogen and oxygen atoms in total. The molecule has 1 aliphatic rings. The molecule has 0 amide bonds. The first kappa shape index (κ1) is 20.6. The molecule has 1 saturated heterocycles. The summed E-state index contributed by atoms with van der Waals surface area (Å²) in [6.07, 6.45) is -3.57. The normalized spacial score (nSPS) is 27.7. The van der Waals surface area contributed by atoms with Crippen molar-refractivity contribution in [1.29, 1.82) is 0 Å². The number of carbonyl (C=O) groups excluding carboxylic acids is 1. The van der Waals surface area contributed by atoms with Gasteiger partial charge >= 0.3 is 5.97 Å². The Kier molecular flexibility index (Phi) is 6.53. The number of aliphatic hydroxyl groups excluding tert-OH is 4. The highest BCUT2D eigenvalue weighted by atomic mass is 16.8. The van der Waals surface area contributed by atoms with Crippen LogP contribution in [-0.2, 0) is 20.7 Å². The van der Waals surface area contributed by atoms with Gasteiger partial charge in [-0.25, -0.2) is 0 Å². The fourth-order valence-corrected chi connectivity index (χ4v) is 3.30. The number of fused-ring (bicyclic) bond motifs is 1. The quantitative estimate of drug-likeness (QED) is 0.456. The van der Waals surface area contributed by atoms with Crippen molar-refractivity contribution < 1.29 is 39.5 Å². The van der Waals surface area contributed by atoms with Crippen LogP contribution in [0.3, 0.4) is 0 Å². The van der Waals surface area contributed by atoms with Gasteiger partial charge in [0.2, 0.25) is 0 Å².